The average Bonchev–Trinajstić information content (AvgIpc) is 3.35. The molecule has 1 aliphatic rings. The first-order valence-electron chi connectivity index (χ1n) is 8.59. The molecule has 0 saturated carbocycles. The summed E-state index contributed by atoms with van der Waals surface area (Å²) in [4.78, 5) is 4.35. The second-order valence-corrected chi connectivity index (χ2v) is 6.35. The minimum atomic E-state index is -0.347. The lowest BCUT2D eigenvalue weighted by atomic mass is 10.1. The van der Waals surface area contributed by atoms with Gasteiger partial charge in [-0.15, -0.1) is 0 Å². The van der Waals surface area contributed by atoms with Crippen molar-refractivity contribution in [1.82, 2.24) is 19.9 Å². The molecule has 4 aromatic rings. The van der Waals surface area contributed by atoms with Gasteiger partial charge >= 0.3 is 0 Å². The Bertz CT molecular complexity index is 1090. The molecule has 134 valence electrons. The summed E-state index contributed by atoms with van der Waals surface area (Å²) in [6, 6.07) is 18.0. The molecule has 0 spiro atoms. The summed E-state index contributed by atoms with van der Waals surface area (Å²) in [6.07, 6.45) is -0.0445. The number of nitrogens with zero attached hydrogens (tertiary/aromatic N) is 4. The van der Waals surface area contributed by atoms with Gasteiger partial charge in [-0.3, -0.25) is 4.68 Å². The number of hydrogen-bond acceptors (Lipinski definition) is 5. The van der Waals surface area contributed by atoms with Crippen LogP contribution in [0.15, 0.2) is 65.2 Å². The Kier molecular flexibility index (Phi) is 3.79. The monoisotopic (exact) mass is 362 g/mol. The van der Waals surface area contributed by atoms with E-state index in [9.17, 15) is 4.39 Å². The second kappa shape index (κ2) is 6.44. The van der Waals surface area contributed by atoms with Gasteiger partial charge in [-0.05, 0) is 23.8 Å². The first kappa shape index (κ1) is 15.9. The van der Waals surface area contributed by atoms with Gasteiger partial charge in [-0.1, -0.05) is 47.6 Å². The van der Waals surface area contributed by atoms with Crippen LogP contribution in [0.1, 0.15) is 17.4 Å². The molecule has 2 aromatic carbocycles. The van der Waals surface area contributed by atoms with Crippen LogP contribution in [0, 0.1) is 5.82 Å². The first-order chi connectivity index (χ1) is 13.3. The average molecular weight is 362 g/mol. The van der Waals surface area contributed by atoms with Crippen LogP contribution in [0.5, 0.6) is 0 Å². The van der Waals surface area contributed by atoms with Gasteiger partial charge < -0.3 is 9.26 Å². The van der Waals surface area contributed by atoms with E-state index in [2.05, 4.69) is 15.2 Å². The van der Waals surface area contributed by atoms with Crippen molar-refractivity contribution >= 4 is 0 Å². The third-order valence-electron chi connectivity index (χ3n) is 4.53. The highest BCUT2D eigenvalue weighted by atomic mass is 19.1. The van der Waals surface area contributed by atoms with Gasteiger partial charge in [0.25, 0.3) is 5.89 Å². The van der Waals surface area contributed by atoms with E-state index in [0.717, 1.165) is 11.3 Å². The van der Waals surface area contributed by atoms with Crippen molar-refractivity contribution in [3.05, 3.63) is 77.7 Å². The number of fused-ring (bicyclic) bond motifs is 1. The molecule has 6 nitrogen and oxygen atoms in total. The van der Waals surface area contributed by atoms with Crippen LogP contribution >= 0.6 is 0 Å². The molecule has 0 unspecified atom stereocenters. The molecule has 1 aliphatic heterocycles. The SMILES string of the molecule is Fc1cccc(-c2noc(-c3cc4n(n3)C[C@@H](c3ccccc3)OC4)n2)c1. The summed E-state index contributed by atoms with van der Waals surface area (Å²) in [7, 11) is 0. The van der Waals surface area contributed by atoms with Crippen LogP contribution in [0.3, 0.4) is 0 Å². The van der Waals surface area contributed by atoms with Gasteiger partial charge in [0.05, 0.1) is 18.8 Å². The Morgan fingerprint density at radius 3 is 2.78 bits per heavy atom. The van der Waals surface area contributed by atoms with Crippen molar-refractivity contribution in [2.24, 2.45) is 0 Å². The largest absolute Gasteiger partial charge is 0.365 e. The van der Waals surface area contributed by atoms with E-state index in [1.165, 1.54) is 12.1 Å². The van der Waals surface area contributed by atoms with Crippen molar-refractivity contribution < 1.29 is 13.7 Å². The molecule has 0 saturated heterocycles. The summed E-state index contributed by atoms with van der Waals surface area (Å²) < 4.78 is 26.6. The number of halogens is 1. The molecule has 0 aliphatic carbocycles. The summed E-state index contributed by atoms with van der Waals surface area (Å²) in [5.74, 6) is 0.279. The number of aromatic nitrogens is 4. The third-order valence-corrected chi connectivity index (χ3v) is 4.53. The zero-order valence-corrected chi connectivity index (χ0v) is 14.2. The molecule has 3 heterocycles. The lowest BCUT2D eigenvalue weighted by Gasteiger charge is -2.24. The zero-order valence-electron chi connectivity index (χ0n) is 14.2. The Morgan fingerprint density at radius 1 is 1.04 bits per heavy atom. The fourth-order valence-corrected chi connectivity index (χ4v) is 3.17. The molecule has 1 atom stereocenters. The molecule has 0 fully saturated rings. The molecular weight excluding hydrogens is 347 g/mol. The predicted molar refractivity (Wildman–Crippen MR) is 94.9 cm³/mol. The Labute approximate surface area is 154 Å². The molecule has 27 heavy (non-hydrogen) atoms. The maximum absolute atomic E-state index is 13.4. The van der Waals surface area contributed by atoms with Crippen LogP contribution in [-0.4, -0.2) is 19.9 Å². The van der Waals surface area contributed by atoms with Crippen LogP contribution in [0.4, 0.5) is 4.39 Å². The molecule has 2 aromatic heterocycles. The highest BCUT2D eigenvalue weighted by Gasteiger charge is 2.24. The number of hydrogen-bond donors (Lipinski definition) is 0. The van der Waals surface area contributed by atoms with Crippen LogP contribution in [-0.2, 0) is 17.9 Å². The molecule has 0 N–H and O–H groups in total. The fourth-order valence-electron chi connectivity index (χ4n) is 3.17. The summed E-state index contributed by atoms with van der Waals surface area (Å²) in [6.45, 7) is 1.07. The van der Waals surface area contributed by atoms with E-state index in [-0.39, 0.29) is 11.9 Å². The standard InChI is InChI=1S/C20H15FN4O2/c21-15-8-4-7-14(9-15)19-22-20(27-24-19)17-10-16-12-26-18(11-25(16)23-17)13-5-2-1-3-6-13/h1-10,18H,11-12H2/t18-/m0/s1. The van der Waals surface area contributed by atoms with E-state index in [4.69, 9.17) is 9.26 Å². The maximum Gasteiger partial charge on any atom is 0.278 e. The van der Waals surface area contributed by atoms with Gasteiger partial charge in [0.2, 0.25) is 5.82 Å². The Morgan fingerprint density at radius 2 is 1.93 bits per heavy atom. The van der Waals surface area contributed by atoms with Crippen LogP contribution < -0.4 is 0 Å². The third kappa shape index (κ3) is 3.02. The Balaban J connectivity index is 1.41. The van der Waals surface area contributed by atoms with Crippen molar-refractivity contribution in [2.45, 2.75) is 19.3 Å². The first-order valence-corrected chi connectivity index (χ1v) is 8.59. The van der Waals surface area contributed by atoms with Gasteiger partial charge in [0, 0.05) is 5.56 Å². The topological polar surface area (TPSA) is 66.0 Å². The van der Waals surface area contributed by atoms with Gasteiger partial charge in [-0.2, -0.15) is 10.1 Å². The quantitative estimate of drug-likeness (QED) is 0.551. The predicted octanol–water partition coefficient (Wildman–Crippen LogP) is 4.01. The van der Waals surface area contributed by atoms with E-state index >= 15 is 0 Å². The highest BCUT2D eigenvalue weighted by molar-refractivity contribution is 5.57. The molecule has 7 heteroatoms. The van der Waals surface area contributed by atoms with E-state index in [1.54, 1.807) is 12.1 Å². The smallest absolute Gasteiger partial charge is 0.278 e. The van der Waals surface area contributed by atoms with Gasteiger partial charge in [0.15, 0.2) is 5.69 Å². The minimum absolute atomic E-state index is 0.0445. The van der Waals surface area contributed by atoms with Gasteiger partial charge in [0.1, 0.15) is 11.9 Å². The highest BCUT2D eigenvalue weighted by Crippen LogP contribution is 2.29. The number of rotatable bonds is 3. The van der Waals surface area contributed by atoms with Crippen LogP contribution in [0.25, 0.3) is 23.0 Å². The van der Waals surface area contributed by atoms with Crippen molar-refractivity contribution in [2.75, 3.05) is 0 Å². The van der Waals surface area contributed by atoms with Gasteiger partial charge in [-0.25, -0.2) is 4.39 Å². The molecule has 0 radical (unpaired) electrons. The summed E-state index contributed by atoms with van der Waals surface area (Å²) in [5.41, 5.74) is 3.20. The molecule has 5 rings (SSSR count). The Hall–Kier alpha value is -3.32. The summed E-state index contributed by atoms with van der Waals surface area (Å²) >= 11 is 0. The maximum atomic E-state index is 13.4. The summed E-state index contributed by atoms with van der Waals surface area (Å²) in [5, 5.41) is 8.53. The molecule has 0 amide bonds. The van der Waals surface area contributed by atoms with Crippen molar-refractivity contribution in [3.63, 3.8) is 0 Å². The lowest BCUT2D eigenvalue weighted by molar-refractivity contribution is -0.00113. The second-order valence-electron chi connectivity index (χ2n) is 6.35. The fraction of sp³-hybridized carbons (Fsp3) is 0.150. The van der Waals surface area contributed by atoms with Crippen molar-refractivity contribution in [3.8, 4) is 23.0 Å². The zero-order chi connectivity index (χ0) is 18.2. The number of benzene rings is 2. The minimum Gasteiger partial charge on any atom is -0.365 e. The molecule has 0 bridgehead atoms. The van der Waals surface area contributed by atoms with E-state index in [0.29, 0.717) is 36.1 Å². The normalized spacial score (nSPS) is 16.3. The van der Waals surface area contributed by atoms with E-state index < -0.39 is 0 Å². The van der Waals surface area contributed by atoms with Crippen LogP contribution in [0.2, 0.25) is 0 Å². The lowest BCUT2D eigenvalue weighted by Crippen LogP contribution is -2.21. The van der Waals surface area contributed by atoms with Crippen molar-refractivity contribution in [1.29, 1.82) is 0 Å². The van der Waals surface area contributed by atoms with E-state index in [1.807, 2.05) is 41.1 Å². The molecular formula is C20H15FN4O2. The number of ether oxygens (including phenoxy) is 1.